The van der Waals surface area contributed by atoms with Crippen molar-refractivity contribution < 1.29 is 19.4 Å². The number of nitrogens with zero attached hydrogens (tertiary/aromatic N) is 1. The van der Waals surface area contributed by atoms with Gasteiger partial charge in [-0.2, -0.15) is 0 Å². The lowest BCUT2D eigenvalue weighted by molar-refractivity contribution is -0.131. The van der Waals surface area contributed by atoms with Crippen LogP contribution in [0, 0.1) is 13.8 Å². The molecular formula is C23H20ClNO4. The summed E-state index contributed by atoms with van der Waals surface area (Å²) in [7, 11) is 0. The number of carbonyl (C=O) groups is 1. The molecule has 1 aromatic heterocycles. The molecule has 0 aliphatic rings. The molecule has 0 unspecified atom stereocenters. The van der Waals surface area contributed by atoms with E-state index in [-0.39, 0.29) is 0 Å². The zero-order valence-corrected chi connectivity index (χ0v) is 16.8. The molecule has 1 heterocycles. The van der Waals surface area contributed by atoms with Gasteiger partial charge in [0, 0.05) is 12.1 Å². The van der Waals surface area contributed by atoms with Gasteiger partial charge in [0.1, 0.15) is 18.1 Å². The van der Waals surface area contributed by atoms with Gasteiger partial charge in [0.2, 0.25) is 5.88 Å². The van der Waals surface area contributed by atoms with E-state index >= 15 is 0 Å². The average molecular weight is 410 g/mol. The van der Waals surface area contributed by atoms with Gasteiger partial charge >= 0.3 is 5.97 Å². The second-order valence-corrected chi connectivity index (χ2v) is 6.93. The molecule has 0 saturated carbocycles. The van der Waals surface area contributed by atoms with Crippen LogP contribution >= 0.6 is 11.6 Å². The van der Waals surface area contributed by atoms with Gasteiger partial charge in [0.25, 0.3) is 0 Å². The first-order valence-electron chi connectivity index (χ1n) is 8.94. The topological polar surface area (TPSA) is 68.7 Å². The second kappa shape index (κ2) is 9.26. The summed E-state index contributed by atoms with van der Waals surface area (Å²) in [5, 5.41) is 9.12. The predicted octanol–water partition coefficient (Wildman–Crippen LogP) is 5.82. The number of benzene rings is 2. The van der Waals surface area contributed by atoms with Crippen LogP contribution in [0.5, 0.6) is 17.4 Å². The minimum absolute atomic E-state index is 0.363. The third-order valence-corrected chi connectivity index (χ3v) is 4.47. The summed E-state index contributed by atoms with van der Waals surface area (Å²) in [4.78, 5) is 14.9. The number of halogens is 1. The van der Waals surface area contributed by atoms with Gasteiger partial charge < -0.3 is 14.6 Å². The molecule has 0 bridgehead atoms. The molecule has 2 aromatic carbocycles. The number of carboxylic acids is 1. The highest BCUT2D eigenvalue weighted by molar-refractivity contribution is 6.32. The maximum absolute atomic E-state index is 10.7. The lowest BCUT2D eigenvalue weighted by Crippen LogP contribution is -1.96. The summed E-state index contributed by atoms with van der Waals surface area (Å²) >= 11 is 6.27. The SMILES string of the molecule is Cc1ccc(COc2ccc(Oc3cc(C)c(C=CC(=O)O)cc3Cl)nc2)cc1. The Morgan fingerprint density at radius 1 is 1.14 bits per heavy atom. The molecular weight excluding hydrogens is 390 g/mol. The molecule has 3 aromatic rings. The Morgan fingerprint density at radius 2 is 1.90 bits per heavy atom. The number of hydrogen-bond acceptors (Lipinski definition) is 4. The number of aryl methyl sites for hydroxylation is 2. The van der Waals surface area contributed by atoms with Gasteiger partial charge in [0.05, 0.1) is 11.2 Å². The Kier molecular flexibility index (Phi) is 6.52. The molecule has 0 radical (unpaired) electrons. The Morgan fingerprint density at radius 3 is 2.55 bits per heavy atom. The van der Waals surface area contributed by atoms with Crippen molar-refractivity contribution in [2.75, 3.05) is 0 Å². The maximum Gasteiger partial charge on any atom is 0.328 e. The van der Waals surface area contributed by atoms with Crippen molar-refractivity contribution in [3.8, 4) is 17.4 Å². The van der Waals surface area contributed by atoms with E-state index in [0.29, 0.717) is 34.6 Å². The van der Waals surface area contributed by atoms with Crippen LogP contribution in [0.2, 0.25) is 5.02 Å². The third-order valence-electron chi connectivity index (χ3n) is 4.18. The third kappa shape index (κ3) is 5.83. The van der Waals surface area contributed by atoms with Crippen molar-refractivity contribution >= 4 is 23.6 Å². The minimum atomic E-state index is -1.02. The van der Waals surface area contributed by atoms with Crippen LogP contribution in [-0.4, -0.2) is 16.1 Å². The molecule has 0 saturated heterocycles. The fourth-order valence-electron chi connectivity index (χ4n) is 2.57. The smallest absolute Gasteiger partial charge is 0.328 e. The Bertz CT molecular complexity index is 1030. The average Bonchev–Trinajstić information content (AvgIpc) is 2.70. The molecule has 0 aliphatic heterocycles. The molecule has 6 heteroatoms. The zero-order valence-electron chi connectivity index (χ0n) is 16.1. The van der Waals surface area contributed by atoms with Crippen LogP contribution in [0.3, 0.4) is 0 Å². The van der Waals surface area contributed by atoms with Gasteiger partial charge in [-0.05, 0) is 54.8 Å². The van der Waals surface area contributed by atoms with Crippen LogP contribution < -0.4 is 9.47 Å². The quantitative estimate of drug-likeness (QED) is 0.498. The van der Waals surface area contributed by atoms with Gasteiger partial charge in [-0.25, -0.2) is 9.78 Å². The summed E-state index contributed by atoms with van der Waals surface area (Å²) < 4.78 is 11.5. The van der Waals surface area contributed by atoms with Crippen LogP contribution in [0.25, 0.3) is 6.08 Å². The standard InChI is InChI=1S/C23H20ClNO4/c1-15-3-5-17(6-4-15)14-28-19-8-9-22(25-13-19)29-21-11-16(2)18(12-20(21)24)7-10-23(26)27/h3-13H,14H2,1-2H3,(H,26,27). The van der Waals surface area contributed by atoms with E-state index in [0.717, 1.165) is 17.2 Å². The normalized spacial score (nSPS) is 10.9. The monoisotopic (exact) mass is 409 g/mol. The van der Waals surface area contributed by atoms with Crippen molar-refractivity contribution in [3.05, 3.63) is 88.1 Å². The van der Waals surface area contributed by atoms with E-state index in [1.165, 1.54) is 11.6 Å². The van der Waals surface area contributed by atoms with Crippen molar-refractivity contribution in [2.45, 2.75) is 20.5 Å². The van der Waals surface area contributed by atoms with E-state index in [1.807, 2.05) is 38.1 Å². The Balaban J connectivity index is 1.65. The molecule has 0 atom stereocenters. The van der Waals surface area contributed by atoms with Crippen molar-refractivity contribution in [1.82, 2.24) is 4.98 Å². The largest absolute Gasteiger partial charge is 0.487 e. The fraction of sp³-hybridized carbons (Fsp3) is 0.130. The second-order valence-electron chi connectivity index (χ2n) is 6.52. The summed E-state index contributed by atoms with van der Waals surface area (Å²) in [5.41, 5.74) is 3.82. The summed E-state index contributed by atoms with van der Waals surface area (Å²) in [6.07, 6.45) is 4.15. The van der Waals surface area contributed by atoms with Crippen molar-refractivity contribution in [2.24, 2.45) is 0 Å². The summed E-state index contributed by atoms with van der Waals surface area (Å²) in [5.74, 6) is 0.435. The number of aromatic nitrogens is 1. The first-order valence-corrected chi connectivity index (χ1v) is 9.32. The number of ether oxygens (including phenoxy) is 2. The first kappa shape index (κ1) is 20.4. The number of pyridine rings is 1. The number of aliphatic carboxylic acids is 1. The van der Waals surface area contributed by atoms with Crippen LogP contribution in [-0.2, 0) is 11.4 Å². The molecule has 0 amide bonds. The molecule has 0 fully saturated rings. The van der Waals surface area contributed by atoms with Crippen molar-refractivity contribution in [1.29, 1.82) is 0 Å². The molecule has 0 spiro atoms. The number of rotatable bonds is 7. The highest BCUT2D eigenvalue weighted by atomic mass is 35.5. The molecule has 29 heavy (non-hydrogen) atoms. The Labute approximate surface area is 174 Å². The molecule has 148 valence electrons. The van der Waals surface area contributed by atoms with E-state index in [4.69, 9.17) is 26.2 Å². The van der Waals surface area contributed by atoms with Crippen LogP contribution in [0.4, 0.5) is 0 Å². The van der Waals surface area contributed by atoms with Crippen molar-refractivity contribution in [3.63, 3.8) is 0 Å². The molecule has 1 N–H and O–H groups in total. The van der Waals surface area contributed by atoms with Gasteiger partial charge in [-0.15, -0.1) is 0 Å². The zero-order chi connectivity index (χ0) is 20.8. The molecule has 3 rings (SSSR count). The van der Waals surface area contributed by atoms with Gasteiger partial charge in [-0.3, -0.25) is 0 Å². The van der Waals surface area contributed by atoms with Crippen LogP contribution in [0.15, 0.2) is 60.8 Å². The fourth-order valence-corrected chi connectivity index (χ4v) is 2.78. The summed E-state index contributed by atoms with van der Waals surface area (Å²) in [6.45, 7) is 4.35. The minimum Gasteiger partial charge on any atom is -0.487 e. The van der Waals surface area contributed by atoms with Crippen LogP contribution in [0.1, 0.15) is 22.3 Å². The Hall–Kier alpha value is -3.31. The highest BCUT2D eigenvalue weighted by Crippen LogP contribution is 2.32. The van der Waals surface area contributed by atoms with Gasteiger partial charge in [0.15, 0.2) is 0 Å². The number of carboxylic acid groups (broad SMARTS) is 1. The lowest BCUT2D eigenvalue weighted by Gasteiger charge is -2.11. The van der Waals surface area contributed by atoms with E-state index in [9.17, 15) is 4.79 Å². The molecule has 5 nitrogen and oxygen atoms in total. The maximum atomic E-state index is 10.7. The highest BCUT2D eigenvalue weighted by Gasteiger charge is 2.08. The first-order chi connectivity index (χ1) is 13.9. The predicted molar refractivity (Wildman–Crippen MR) is 113 cm³/mol. The van der Waals surface area contributed by atoms with E-state index < -0.39 is 5.97 Å². The van der Waals surface area contributed by atoms with Gasteiger partial charge in [-0.1, -0.05) is 41.4 Å². The van der Waals surface area contributed by atoms with E-state index in [1.54, 1.807) is 30.5 Å². The summed E-state index contributed by atoms with van der Waals surface area (Å²) in [6, 6.07) is 15.0. The lowest BCUT2D eigenvalue weighted by atomic mass is 10.1. The molecule has 0 aliphatic carbocycles. The van der Waals surface area contributed by atoms with E-state index in [2.05, 4.69) is 4.98 Å². The number of hydrogen-bond donors (Lipinski definition) is 1.